The van der Waals surface area contributed by atoms with E-state index in [0.29, 0.717) is 12.1 Å². The Bertz CT molecular complexity index is 669. The van der Waals surface area contributed by atoms with Gasteiger partial charge >= 0.3 is 0 Å². The van der Waals surface area contributed by atoms with Crippen molar-refractivity contribution in [2.75, 3.05) is 0 Å². The minimum atomic E-state index is 0.421. The molecule has 0 aromatic heterocycles. The number of nitrogens with two attached hydrogens (primary N) is 2. The third-order valence-corrected chi connectivity index (χ3v) is 4.47. The Hall–Kier alpha value is -2.42. The van der Waals surface area contributed by atoms with Gasteiger partial charge in [0, 0.05) is 35.4 Å². The second kappa shape index (κ2) is 7.91. The van der Waals surface area contributed by atoms with Gasteiger partial charge in [0.1, 0.15) is 23.5 Å². The Morgan fingerprint density at radius 1 is 0.500 bits per heavy atom. The first-order valence-electron chi connectivity index (χ1n) is 8.62. The van der Waals surface area contributed by atoms with Crippen molar-refractivity contribution in [1.82, 2.24) is 0 Å². The number of hydrogen-bond donors (Lipinski definition) is 2. The van der Waals surface area contributed by atoms with Crippen molar-refractivity contribution in [3.63, 3.8) is 0 Å². The molecule has 3 aromatic rings. The Morgan fingerprint density at radius 2 is 0.833 bits per heavy atom. The molecular weight excluding hydrogens is 292 g/mol. The standard InChI is InChI=1S/C22H24N2/c1-17(19-9-5-3-6-10-19)23-21-13-15-22(16-14-21)24-18(2)20-11-7-4-8-12-20/h3-18,23-24H,1-2H3/p+2/t17-,18-/m0/s1. The summed E-state index contributed by atoms with van der Waals surface area (Å²) >= 11 is 0. The molecule has 0 unspecified atom stereocenters. The molecule has 0 radical (unpaired) electrons. The zero-order valence-corrected chi connectivity index (χ0v) is 14.4. The normalized spacial score (nSPS) is 13.4. The highest BCUT2D eigenvalue weighted by atomic mass is 14.9. The molecule has 2 nitrogen and oxygen atoms in total. The maximum atomic E-state index is 2.32. The van der Waals surface area contributed by atoms with Crippen LogP contribution in [0.4, 0.5) is 11.4 Å². The highest BCUT2D eigenvalue weighted by Crippen LogP contribution is 2.13. The molecule has 0 bridgehead atoms. The molecule has 3 rings (SSSR count). The molecular formula is C22H26N2+2. The van der Waals surface area contributed by atoms with Gasteiger partial charge in [-0.2, -0.15) is 0 Å². The molecule has 3 aromatic carbocycles. The van der Waals surface area contributed by atoms with Crippen molar-refractivity contribution in [3.8, 4) is 0 Å². The van der Waals surface area contributed by atoms with Crippen LogP contribution in [0.25, 0.3) is 0 Å². The SMILES string of the molecule is C[C@H]([NH2+]c1ccc([NH2+][C@@H](C)c2ccccc2)cc1)c1ccccc1. The van der Waals surface area contributed by atoms with E-state index in [1.165, 1.54) is 22.5 Å². The number of rotatable bonds is 6. The van der Waals surface area contributed by atoms with E-state index < -0.39 is 0 Å². The second-order valence-electron chi connectivity index (χ2n) is 6.40. The first-order valence-corrected chi connectivity index (χ1v) is 8.62. The average molecular weight is 318 g/mol. The molecule has 24 heavy (non-hydrogen) atoms. The lowest BCUT2D eigenvalue weighted by Crippen LogP contribution is -2.79. The van der Waals surface area contributed by atoms with Crippen LogP contribution in [-0.2, 0) is 0 Å². The molecule has 122 valence electrons. The number of hydrogen-bond acceptors (Lipinski definition) is 0. The third-order valence-electron chi connectivity index (χ3n) is 4.47. The van der Waals surface area contributed by atoms with Crippen LogP contribution in [0.3, 0.4) is 0 Å². The lowest BCUT2D eigenvalue weighted by atomic mass is 10.1. The number of benzene rings is 3. The fourth-order valence-corrected chi connectivity index (χ4v) is 3.00. The van der Waals surface area contributed by atoms with E-state index in [1.807, 2.05) is 0 Å². The van der Waals surface area contributed by atoms with Gasteiger partial charge in [-0.15, -0.1) is 0 Å². The predicted octanol–water partition coefficient (Wildman–Crippen LogP) is 3.60. The summed E-state index contributed by atoms with van der Waals surface area (Å²) in [6.45, 7) is 4.49. The maximum absolute atomic E-state index is 2.32. The van der Waals surface area contributed by atoms with Crippen LogP contribution in [0.1, 0.15) is 37.1 Å². The van der Waals surface area contributed by atoms with Gasteiger partial charge in [-0.1, -0.05) is 60.7 Å². The molecule has 0 amide bonds. The lowest BCUT2D eigenvalue weighted by molar-refractivity contribution is -0.617. The van der Waals surface area contributed by atoms with Crippen molar-refractivity contribution in [2.24, 2.45) is 0 Å². The van der Waals surface area contributed by atoms with E-state index in [4.69, 9.17) is 0 Å². The highest BCUT2D eigenvalue weighted by molar-refractivity contribution is 5.39. The van der Waals surface area contributed by atoms with E-state index in [-0.39, 0.29) is 0 Å². The molecule has 0 fully saturated rings. The molecule has 0 aliphatic carbocycles. The third kappa shape index (κ3) is 4.31. The minimum Gasteiger partial charge on any atom is -0.308 e. The summed E-state index contributed by atoms with van der Waals surface area (Å²) in [6.07, 6.45) is 0. The van der Waals surface area contributed by atoms with E-state index in [0.717, 1.165) is 0 Å². The summed E-state index contributed by atoms with van der Waals surface area (Å²) < 4.78 is 0. The predicted molar refractivity (Wildman–Crippen MR) is 99.3 cm³/mol. The largest absolute Gasteiger partial charge is 0.308 e. The van der Waals surface area contributed by atoms with Gasteiger partial charge in [0.15, 0.2) is 0 Å². The summed E-state index contributed by atoms with van der Waals surface area (Å²) in [6, 6.07) is 31.0. The average Bonchev–Trinajstić information content (AvgIpc) is 2.65. The van der Waals surface area contributed by atoms with Crippen LogP contribution in [-0.4, -0.2) is 0 Å². The van der Waals surface area contributed by atoms with Gasteiger partial charge < -0.3 is 10.6 Å². The molecule has 0 saturated heterocycles. The molecule has 0 aliphatic rings. The topological polar surface area (TPSA) is 33.2 Å². The van der Waals surface area contributed by atoms with Gasteiger partial charge in [0.2, 0.25) is 0 Å². The minimum absolute atomic E-state index is 0.421. The van der Waals surface area contributed by atoms with Crippen LogP contribution >= 0.6 is 0 Å². The van der Waals surface area contributed by atoms with Crippen molar-refractivity contribution in [2.45, 2.75) is 25.9 Å². The van der Waals surface area contributed by atoms with Gasteiger partial charge in [-0.05, 0) is 13.8 Å². The summed E-state index contributed by atoms with van der Waals surface area (Å²) in [5, 5.41) is 4.64. The van der Waals surface area contributed by atoms with Gasteiger partial charge in [-0.25, -0.2) is 0 Å². The molecule has 0 heterocycles. The second-order valence-corrected chi connectivity index (χ2v) is 6.40. The molecule has 4 N–H and O–H groups in total. The lowest BCUT2D eigenvalue weighted by Gasteiger charge is -2.12. The van der Waals surface area contributed by atoms with Crippen molar-refractivity contribution in [3.05, 3.63) is 96.1 Å². The molecule has 0 saturated carbocycles. The van der Waals surface area contributed by atoms with Crippen molar-refractivity contribution >= 4 is 11.4 Å². The molecule has 0 aliphatic heterocycles. The van der Waals surface area contributed by atoms with Gasteiger partial charge in [0.25, 0.3) is 0 Å². The maximum Gasteiger partial charge on any atom is 0.130 e. The summed E-state index contributed by atoms with van der Waals surface area (Å²) in [5.74, 6) is 0. The molecule has 0 spiro atoms. The Morgan fingerprint density at radius 3 is 1.17 bits per heavy atom. The van der Waals surface area contributed by atoms with E-state index in [9.17, 15) is 0 Å². The zero-order valence-electron chi connectivity index (χ0n) is 14.4. The Balaban J connectivity index is 1.61. The quantitative estimate of drug-likeness (QED) is 0.651. The van der Waals surface area contributed by atoms with E-state index >= 15 is 0 Å². The summed E-state index contributed by atoms with van der Waals surface area (Å²) in [5.41, 5.74) is 5.25. The monoisotopic (exact) mass is 318 g/mol. The smallest absolute Gasteiger partial charge is 0.130 e. The van der Waals surface area contributed by atoms with Crippen molar-refractivity contribution in [1.29, 1.82) is 0 Å². The van der Waals surface area contributed by atoms with Gasteiger partial charge in [-0.3, -0.25) is 0 Å². The van der Waals surface area contributed by atoms with Crippen LogP contribution in [0, 0.1) is 0 Å². The van der Waals surface area contributed by atoms with E-state index in [2.05, 4.69) is 109 Å². The Labute approximate surface area is 144 Å². The van der Waals surface area contributed by atoms with E-state index in [1.54, 1.807) is 0 Å². The zero-order chi connectivity index (χ0) is 16.8. The number of quaternary nitrogens is 2. The fraction of sp³-hybridized carbons (Fsp3) is 0.182. The summed E-state index contributed by atoms with van der Waals surface area (Å²) in [4.78, 5) is 0. The van der Waals surface area contributed by atoms with Crippen LogP contribution in [0.15, 0.2) is 84.9 Å². The van der Waals surface area contributed by atoms with Crippen LogP contribution < -0.4 is 10.6 Å². The Kier molecular flexibility index (Phi) is 5.42. The fourth-order valence-electron chi connectivity index (χ4n) is 3.00. The molecule has 2 atom stereocenters. The highest BCUT2D eigenvalue weighted by Gasteiger charge is 2.12. The first kappa shape index (κ1) is 16.4. The molecule has 2 heteroatoms. The van der Waals surface area contributed by atoms with Crippen LogP contribution in [0.5, 0.6) is 0 Å². The first-order chi connectivity index (χ1) is 11.7. The summed E-state index contributed by atoms with van der Waals surface area (Å²) in [7, 11) is 0. The van der Waals surface area contributed by atoms with Gasteiger partial charge in [0.05, 0.1) is 0 Å². The van der Waals surface area contributed by atoms with Crippen molar-refractivity contribution < 1.29 is 10.6 Å². The van der Waals surface area contributed by atoms with Crippen LogP contribution in [0.2, 0.25) is 0 Å².